The van der Waals surface area contributed by atoms with Gasteiger partial charge in [0, 0.05) is 12.7 Å². The van der Waals surface area contributed by atoms with Crippen LogP contribution in [0.5, 0.6) is 0 Å². The van der Waals surface area contributed by atoms with Crippen LogP contribution in [0, 0.1) is 13.8 Å². The summed E-state index contributed by atoms with van der Waals surface area (Å²) in [6.45, 7) is 9.44. The number of pyridine rings is 1. The second kappa shape index (κ2) is 9.54. The predicted octanol–water partition coefficient (Wildman–Crippen LogP) is 3.73. The van der Waals surface area contributed by atoms with Crippen LogP contribution >= 0.6 is 24.0 Å². The van der Waals surface area contributed by atoms with Crippen molar-refractivity contribution in [1.82, 2.24) is 15.6 Å². The molecule has 0 saturated heterocycles. The molecular formula is C17H25IN4O. The van der Waals surface area contributed by atoms with Gasteiger partial charge in [-0.05, 0) is 51.5 Å². The Hall–Kier alpha value is -1.57. The normalized spacial score (nSPS) is 12.4. The fraction of sp³-hybridized carbons (Fsp3) is 0.412. The zero-order valence-electron chi connectivity index (χ0n) is 14.1. The quantitative estimate of drug-likeness (QED) is 0.433. The van der Waals surface area contributed by atoms with Gasteiger partial charge in [-0.2, -0.15) is 0 Å². The van der Waals surface area contributed by atoms with Crippen LogP contribution in [-0.4, -0.2) is 17.5 Å². The Balaban J connectivity index is 0.00000264. The van der Waals surface area contributed by atoms with Crippen LogP contribution < -0.4 is 10.6 Å². The van der Waals surface area contributed by atoms with Gasteiger partial charge >= 0.3 is 0 Å². The molecule has 2 aromatic heterocycles. The maximum atomic E-state index is 5.65. The Labute approximate surface area is 155 Å². The van der Waals surface area contributed by atoms with E-state index in [2.05, 4.69) is 27.5 Å². The summed E-state index contributed by atoms with van der Waals surface area (Å²) in [6.07, 6.45) is 1.80. The van der Waals surface area contributed by atoms with Crippen LogP contribution in [-0.2, 0) is 6.54 Å². The number of guanidine groups is 1. The van der Waals surface area contributed by atoms with Crippen LogP contribution in [0.15, 0.2) is 39.9 Å². The number of rotatable bonds is 5. The molecule has 0 aromatic carbocycles. The first kappa shape index (κ1) is 19.5. The van der Waals surface area contributed by atoms with Crippen molar-refractivity contribution in [2.45, 2.75) is 40.3 Å². The lowest BCUT2D eigenvalue weighted by Crippen LogP contribution is -2.38. The highest BCUT2D eigenvalue weighted by Gasteiger charge is 2.11. The van der Waals surface area contributed by atoms with Crippen LogP contribution in [0.3, 0.4) is 0 Å². The fourth-order valence-electron chi connectivity index (χ4n) is 2.12. The fourth-order valence-corrected chi connectivity index (χ4v) is 2.12. The average molecular weight is 428 g/mol. The molecule has 0 saturated carbocycles. The summed E-state index contributed by atoms with van der Waals surface area (Å²) in [5.41, 5.74) is 2.14. The zero-order valence-corrected chi connectivity index (χ0v) is 16.4. The van der Waals surface area contributed by atoms with E-state index in [-0.39, 0.29) is 30.0 Å². The Morgan fingerprint density at radius 3 is 2.70 bits per heavy atom. The lowest BCUT2D eigenvalue weighted by Gasteiger charge is -2.16. The minimum Gasteiger partial charge on any atom is -0.464 e. The molecule has 0 bridgehead atoms. The van der Waals surface area contributed by atoms with E-state index in [9.17, 15) is 0 Å². The van der Waals surface area contributed by atoms with Gasteiger partial charge in [0.25, 0.3) is 0 Å². The molecule has 5 nitrogen and oxygen atoms in total. The third kappa shape index (κ3) is 5.85. The molecule has 0 aliphatic rings. The molecule has 1 unspecified atom stereocenters. The van der Waals surface area contributed by atoms with Crippen molar-refractivity contribution in [1.29, 1.82) is 0 Å². The lowest BCUT2D eigenvalue weighted by molar-refractivity contribution is 0.441. The molecule has 2 N–H and O–H groups in total. The summed E-state index contributed by atoms with van der Waals surface area (Å²) in [4.78, 5) is 8.98. The maximum absolute atomic E-state index is 5.65. The van der Waals surface area contributed by atoms with Gasteiger partial charge in [0.15, 0.2) is 5.96 Å². The number of furan rings is 1. The van der Waals surface area contributed by atoms with Crippen LogP contribution in [0.1, 0.15) is 42.7 Å². The van der Waals surface area contributed by atoms with E-state index in [0.29, 0.717) is 6.54 Å². The summed E-state index contributed by atoms with van der Waals surface area (Å²) in [7, 11) is 0. The molecule has 0 spiro atoms. The summed E-state index contributed by atoms with van der Waals surface area (Å²) >= 11 is 0. The minimum atomic E-state index is 0. The molecule has 2 rings (SSSR count). The highest BCUT2D eigenvalue weighted by Crippen LogP contribution is 2.15. The number of halogens is 1. The van der Waals surface area contributed by atoms with Crippen molar-refractivity contribution in [3.05, 3.63) is 53.2 Å². The Morgan fingerprint density at radius 2 is 2.09 bits per heavy atom. The lowest BCUT2D eigenvalue weighted by atomic mass is 10.2. The smallest absolute Gasteiger partial charge is 0.192 e. The van der Waals surface area contributed by atoms with Gasteiger partial charge < -0.3 is 15.1 Å². The SMILES string of the molecule is CCNC(=NCc1ncccc1C)NC(C)c1ccc(C)o1.I. The molecule has 2 aromatic rings. The van der Waals surface area contributed by atoms with Gasteiger partial charge in [-0.1, -0.05) is 6.07 Å². The van der Waals surface area contributed by atoms with E-state index in [1.165, 1.54) is 0 Å². The van der Waals surface area contributed by atoms with Crippen LogP contribution in [0.2, 0.25) is 0 Å². The highest BCUT2D eigenvalue weighted by atomic mass is 127. The van der Waals surface area contributed by atoms with E-state index < -0.39 is 0 Å². The Bertz CT molecular complexity index is 639. The summed E-state index contributed by atoms with van der Waals surface area (Å²) in [6, 6.07) is 7.99. The third-order valence-corrected chi connectivity index (χ3v) is 3.39. The standard InChI is InChI=1S/C17H24N4O.HI/c1-5-18-17(20-11-15-12(2)7-6-10-19-15)21-14(4)16-9-8-13(3)22-16;/h6-10,14H,5,11H2,1-4H3,(H2,18,20,21);1H. The van der Waals surface area contributed by atoms with Crippen molar-refractivity contribution in [2.75, 3.05) is 6.54 Å². The van der Waals surface area contributed by atoms with E-state index in [4.69, 9.17) is 4.42 Å². The number of aryl methyl sites for hydroxylation is 2. The maximum Gasteiger partial charge on any atom is 0.192 e. The highest BCUT2D eigenvalue weighted by molar-refractivity contribution is 14.0. The Kier molecular flexibility index (Phi) is 8.08. The molecule has 126 valence electrons. The molecular weight excluding hydrogens is 403 g/mol. The van der Waals surface area contributed by atoms with Gasteiger partial charge in [-0.3, -0.25) is 4.98 Å². The average Bonchev–Trinajstić information content (AvgIpc) is 2.93. The molecule has 0 radical (unpaired) electrons. The minimum absolute atomic E-state index is 0. The molecule has 0 fully saturated rings. The third-order valence-electron chi connectivity index (χ3n) is 3.39. The first-order valence-corrected chi connectivity index (χ1v) is 7.61. The van der Waals surface area contributed by atoms with Crippen LogP contribution in [0.4, 0.5) is 0 Å². The molecule has 2 heterocycles. The predicted molar refractivity (Wildman–Crippen MR) is 104 cm³/mol. The summed E-state index contributed by atoms with van der Waals surface area (Å²) in [5, 5.41) is 6.60. The number of aromatic nitrogens is 1. The van der Waals surface area contributed by atoms with E-state index in [1.54, 1.807) is 6.20 Å². The first-order chi connectivity index (χ1) is 10.6. The van der Waals surface area contributed by atoms with Crippen molar-refractivity contribution >= 4 is 29.9 Å². The molecule has 23 heavy (non-hydrogen) atoms. The number of hydrogen-bond donors (Lipinski definition) is 2. The van der Waals surface area contributed by atoms with E-state index in [0.717, 1.165) is 35.3 Å². The van der Waals surface area contributed by atoms with Crippen molar-refractivity contribution in [3.63, 3.8) is 0 Å². The topological polar surface area (TPSA) is 62.5 Å². The Morgan fingerprint density at radius 1 is 1.30 bits per heavy atom. The van der Waals surface area contributed by atoms with Gasteiger partial charge in [0.2, 0.25) is 0 Å². The summed E-state index contributed by atoms with van der Waals surface area (Å²) < 4.78 is 5.65. The molecule has 1 atom stereocenters. The number of nitrogens with zero attached hydrogens (tertiary/aromatic N) is 2. The van der Waals surface area contributed by atoms with E-state index >= 15 is 0 Å². The second-order valence-corrected chi connectivity index (χ2v) is 5.28. The van der Waals surface area contributed by atoms with Gasteiger partial charge in [0.1, 0.15) is 11.5 Å². The second-order valence-electron chi connectivity index (χ2n) is 5.28. The van der Waals surface area contributed by atoms with Gasteiger partial charge in [-0.25, -0.2) is 4.99 Å². The van der Waals surface area contributed by atoms with Gasteiger partial charge in [0.05, 0.1) is 18.3 Å². The first-order valence-electron chi connectivity index (χ1n) is 7.61. The van der Waals surface area contributed by atoms with E-state index in [1.807, 2.05) is 45.0 Å². The van der Waals surface area contributed by atoms with Gasteiger partial charge in [-0.15, -0.1) is 24.0 Å². The zero-order chi connectivity index (χ0) is 15.9. The molecule has 0 amide bonds. The monoisotopic (exact) mass is 428 g/mol. The molecule has 0 aliphatic heterocycles. The molecule has 0 aliphatic carbocycles. The summed E-state index contributed by atoms with van der Waals surface area (Å²) in [5.74, 6) is 2.57. The van der Waals surface area contributed by atoms with Crippen molar-refractivity contribution in [2.24, 2.45) is 4.99 Å². The molecule has 6 heteroatoms. The van der Waals surface area contributed by atoms with Crippen LogP contribution in [0.25, 0.3) is 0 Å². The van der Waals surface area contributed by atoms with Crippen molar-refractivity contribution in [3.8, 4) is 0 Å². The largest absolute Gasteiger partial charge is 0.464 e. The van der Waals surface area contributed by atoms with Crippen molar-refractivity contribution < 1.29 is 4.42 Å². The number of aliphatic imine (C=N–C) groups is 1. The number of nitrogens with one attached hydrogen (secondary N) is 2. The number of hydrogen-bond acceptors (Lipinski definition) is 3.